The molecule has 2 aromatic carbocycles. The van der Waals surface area contributed by atoms with Crippen molar-refractivity contribution in [2.75, 3.05) is 32.8 Å². The summed E-state index contributed by atoms with van der Waals surface area (Å²) < 4.78 is 16.7. The molecular weight excluding hydrogens is 334 g/mol. The molecule has 2 heterocycles. The molecule has 2 amide bonds. The van der Waals surface area contributed by atoms with Crippen LogP contribution >= 0.6 is 0 Å². The zero-order chi connectivity index (χ0) is 18.1. The number of hydrogen-bond donors (Lipinski definition) is 2. The van der Waals surface area contributed by atoms with E-state index in [1.54, 1.807) is 7.11 Å². The van der Waals surface area contributed by atoms with E-state index < -0.39 is 0 Å². The van der Waals surface area contributed by atoms with Gasteiger partial charge in [0.25, 0.3) is 0 Å². The van der Waals surface area contributed by atoms with Crippen molar-refractivity contribution >= 4 is 11.7 Å². The Hall–Kier alpha value is -2.93. The summed E-state index contributed by atoms with van der Waals surface area (Å²) in [7, 11) is 3.58. The van der Waals surface area contributed by atoms with Crippen molar-refractivity contribution in [2.24, 2.45) is 0 Å². The molecule has 0 saturated heterocycles. The van der Waals surface area contributed by atoms with E-state index in [0.717, 1.165) is 29.8 Å². The third-order valence-electron chi connectivity index (χ3n) is 4.70. The number of ether oxygens (including phenoxy) is 3. The van der Waals surface area contributed by atoms with Gasteiger partial charge in [0.05, 0.1) is 7.11 Å². The lowest BCUT2D eigenvalue weighted by Gasteiger charge is -2.36. The van der Waals surface area contributed by atoms with Crippen LogP contribution in [0.15, 0.2) is 36.4 Å². The van der Waals surface area contributed by atoms with Crippen LogP contribution in [0.2, 0.25) is 0 Å². The van der Waals surface area contributed by atoms with Gasteiger partial charge >= 0.3 is 6.03 Å². The van der Waals surface area contributed by atoms with Crippen LogP contribution in [0, 0.1) is 0 Å². The monoisotopic (exact) mass is 355 g/mol. The first-order valence-electron chi connectivity index (χ1n) is 8.49. The molecule has 2 N–H and O–H groups in total. The minimum atomic E-state index is -0.327. The van der Waals surface area contributed by atoms with Crippen molar-refractivity contribution in [3.05, 3.63) is 47.5 Å². The van der Waals surface area contributed by atoms with E-state index in [0.29, 0.717) is 17.2 Å². The number of anilines is 1. The van der Waals surface area contributed by atoms with Gasteiger partial charge in [0, 0.05) is 17.8 Å². The van der Waals surface area contributed by atoms with Gasteiger partial charge in [0.15, 0.2) is 11.5 Å². The summed E-state index contributed by atoms with van der Waals surface area (Å²) in [4.78, 5) is 14.6. The molecular formula is C19H21N3O4. The Labute approximate surface area is 151 Å². The molecule has 4 rings (SSSR count). The van der Waals surface area contributed by atoms with Crippen molar-refractivity contribution < 1.29 is 19.0 Å². The molecule has 26 heavy (non-hydrogen) atoms. The van der Waals surface area contributed by atoms with Gasteiger partial charge in [0.2, 0.25) is 12.5 Å². The third-order valence-corrected chi connectivity index (χ3v) is 4.70. The Bertz CT molecular complexity index is 825. The summed E-state index contributed by atoms with van der Waals surface area (Å²) >= 11 is 0. The van der Waals surface area contributed by atoms with Crippen LogP contribution in [0.4, 0.5) is 10.5 Å². The molecule has 2 aliphatic heterocycles. The Morgan fingerprint density at radius 3 is 2.85 bits per heavy atom. The number of methoxy groups -OCH3 is 1. The molecule has 0 aliphatic carbocycles. The van der Waals surface area contributed by atoms with Crippen LogP contribution < -0.4 is 24.8 Å². The van der Waals surface area contributed by atoms with Crippen molar-refractivity contribution in [3.8, 4) is 17.2 Å². The highest BCUT2D eigenvalue weighted by Gasteiger charge is 2.34. The van der Waals surface area contributed by atoms with Gasteiger partial charge in [-0.2, -0.15) is 0 Å². The minimum Gasteiger partial charge on any atom is -0.492 e. The van der Waals surface area contributed by atoms with Gasteiger partial charge in [-0.15, -0.1) is 0 Å². The molecule has 2 aromatic rings. The maximum atomic E-state index is 12.5. The number of nitrogens with one attached hydrogen (secondary N) is 2. The highest BCUT2D eigenvalue weighted by Crippen LogP contribution is 2.48. The summed E-state index contributed by atoms with van der Waals surface area (Å²) in [6.07, 6.45) is 0.518. The van der Waals surface area contributed by atoms with Crippen LogP contribution in [0.25, 0.3) is 0 Å². The topological polar surface area (TPSA) is 72.1 Å². The third kappa shape index (κ3) is 2.90. The van der Waals surface area contributed by atoms with E-state index in [4.69, 9.17) is 14.2 Å². The second kappa shape index (κ2) is 6.76. The summed E-state index contributed by atoms with van der Waals surface area (Å²) in [5, 5.41) is 5.90. The fourth-order valence-electron chi connectivity index (χ4n) is 3.43. The summed E-state index contributed by atoms with van der Waals surface area (Å²) in [5.41, 5.74) is 2.74. The van der Waals surface area contributed by atoms with Gasteiger partial charge in [-0.05, 0) is 37.2 Å². The van der Waals surface area contributed by atoms with E-state index >= 15 is 0 Å². The number of carbonyl (C=O) groups excluding carboxylic acids is 1. The Morgan fingerprint density at radius 2 is 2.08 bits per heavy atom. The Balaban J connectivity index is 1.64. The Kier molecular flexibility index (Phi) is 4.30. The van der Waals surface area contributed by atoms with Crippen molar-refractivity contribution in [1.29, 1.82) is 0 Å². The number of hydrogen-bond acceptors (Lipinski definition) is 5. The molecule has 136 valence electrons. The zero-order valence-corrected chi connectivity index (χ0v) is 14.7. The number of benzene rings is 2. The highest BCUT2D eigenvalue weighted by molar-refractivity contribution is 5.89. The van der Waals surface area contributed by atoms with Crippen molar-refractivity contribution in [2.45, 2.75) is 12.6 Å². The fourth-order valence-corrected chi connectivity index (χ4v) is 3.43. The number of urea groups is 1. The lowest BCUT2D eigenvalue weighted by molar-refractivity contribution is 0.169. The molecule has 1 unspecified atom stereocenters. The highest BCUT2D eigenvalue weighted by atomic mass is 16.7. The normalized spacial score (nSPS) is 18.2. The van der Waals surface area contributed by atoms with E-state index in [9.17, 15) is 4.79 Å². The van der Waals surface area contributed by atoms with E-state index in [-0.39, 0.29) is 19.0 Å². The molecule has 0 radical (unpaired) electrons. The zero-order valence-electron chi connectivity index (χ0n) is 14.7. The molecule has 0 bridgehead atoms. The molecule has 2 aliphatic rings. The van der Waals surface area contributed by atoms with E-state index in [1.807, 2.05) is 43.4 Å². The van der Waals surface area contributed by atoms with Crippen LogP contribution in [-0.2, 0) is 6.42 Å². The average Bonchev–Trinajstić information content (AvgIpc) is 3.11. The number of rotatable bonds is 3. The van der Waals surface area contributed by atoms with Crippen molar-refractivity contribution in [1.82, 2.24) is 10.2 Å². The number of para-hydroxylation sites is 1. The predicted molar refractivity (Wildman–Crippen MR) is 96.8 cm³/mol. The first-order chi connectivity index (χ1) is 12.7. The van der Waals surface area contributed by atoms with Crippen molar-refractivity contribution in [3.63, 3.8) is 0 Å². The van der Waals surface area contributed by atoms with E-state index in [1.165, 1.54) is 0 Å². The number of nitrogens with zero attached hydrogens (tertiary/aromatic N) is 1. The second-order valence-electron chi connectivity index (χ2n) is 6.31. The largest absolute Gasteiger partial charge is 0.492 e. The molecule has 0 spiro atoms. The van der Waals surface area contributed by atoms with Crippen LogP contribution in [-0.4, -0.2) is 38.4 Å². The van der Waals surface area contributed by atoms with Crippen LogP contribution in [0.3, 0.4) is 0 Å². The molecule has 0 aromatic heterocycles. The quantitative estimate of drug-likeness (QED) is 0.886. The van der Waals surface area contributed by atoms with Gasteiger partial charge in [-0.3, -0.25) is 4.90 Å². The van der Waals surface area contributed by atoms with Gasteiger partial charge < -0.3 is 24.8 Å². The SMILES string of the molecule is COc1c2c(cc3c1C(NC(=O)Nc1ccccc1)N(C)CC3)OCO2. The van der Waals surface area contributed by atoms with Crippen LogP contribution in [0.1, 0.15) is 17.3 Å². The molecule has 0 saturated carbocycles. The maximum absolute atomic E-state index is 12.5. The summed E-state index contributed by atoms with van der Waals surface area (Å²) in [6, 6.07) is 11.1. The lowest BCUT2D eigenvalue weighted by Crippen LogP contribution is -2.45. The molecule has 0 fully saturated rings. The average molecular weight is 355 g/mol. The molecule has 7 nitrogen and oxygen atoms in total. The second-order valence-corrected chi connectivity index (χ2v) is 6.31. The van der Waals surface area contributed by atoms with E-state index in [2.05, 4.69) is 15.5 Å². The Morgan fingerprint density at radius 1 is 1.27 bits per heavy atom. The fraction of sp³-hybridized carbons (Fsp3) is 0.316. The predicted octanol–water partition coefficient (Wildman–Crippen LogP) is 2.73. The molecule has 1 atom stereocenters. The smallest absolute Gasteiger partial charge is 0.320 e. The first kappa shape index (κ1) is 16.5. The number of fused-ring (bicyclic) bond motifs is 2. The molecule has 7 heteroatoms. The maximum Gasteiger partial charge on any atom is 0.320 e. The number of carbonyl (C=O) groups is 1. The number of likely N-dealkylation sites (N-methyl/N-ethyl adjacent to an activating group) is 1. The van der Waals surface area contributed by atoms with Gasteiger partial charge in [0.1, 0.15) is 6.17 Å². The lowest BCUT2D eigenvalue weighted by atomic mass is 9.95. The summed E-state index contributed by atoms with van der Waals surface area (Å²) in [5.74, 6) is 1.90. The summed E-state index contributed by atoms with van der Waals surface area (Å²) in [6.45, 7) is 0.989. The standard InChI is InChI=1S/C19H21N3O4/c1-22-9-8-12-10-14-16(26-11-25-14)17(24-2)15(12)18(22)21-19(23)20-13-6-4-3-5-7-13/h3-7,10,18H,8-9,11H2,1-2H3,(H2,20,21,23). The van der Waals surface area contributed by atoms with Gasteiger partial charge in [-0.25, -0.2) is 4.79 Å². The minimum absolute atomic E-state index is 0.178. The first-order valence-corrected chi connectivity index (χ1v) is 8.49. The van der Waals surface area contributed by atoms with Gasteiger partial charge in [-0.1, -0.05) is 18.2 Å². The number of amides is 2. The van der Waals surface area contributed by atoms with Crippen LogP contribution in [0.5, 0.6) is 17.2 Å².